The fourth-order valence-corrected chi connectivity index (χ4v) is 3.95. The van der Waals surface area contributed by atoms with Crippen molar-refractivity contribution >= 4 is 41.2 Å². The van der Waals surface area contributed by atoms with Crippen LogP contribution in [0, 0.1) is 0 Å². The first-order chi connectivity index (χ1) is 17.6. The number of hydrogen-bond acceptors (Lipinski definition) is 8. The number of amides is 1. The molecule has 182 valence electrons. The van der Waals surface area contributed by atoms with Crippen molar-refractivity contribution in [1.29, 1.82) is 0 Å². The van der Waals surface area contributed by atoms with Gasteiger partial charge in [-0.2, -0.15) is 10.2 Å². The van der Waals surface area contributed by atoms with E-state index in [4.69, 9.17) is 9.84 Å². The van der Waals surface area contributed by atoms with Crippen molar-refractivity contribution in [1.82, 2.24) is 20.1 Å². The van der Waals surface area contributed by atoms with Gasteiger partial charge in [0.15, 0.2) is 5.82 Å². The summed E-state index contributed by atoms with van der Waals surface area (Å²) in [5, 5.41) is 17.2. The normalized spacial score (nSPS) is 14.4. The summed E-state index contributed by atoms with van der Waals surface area (Å²) in [6, 6.07) is 11.8. The quantitative estimate of drug-likeness (QED) is 0.532. The monoisotopic (exact) mass is 482 g/mol. The summed E-state index contributed by atoms with van der Waals surface area (Å²) in [5.41, 5.74) is 4.83. The minimum Gasteiger partial charge on any atom is -0.481 e. The molecule has 5 rings (SSSR count). The number of ether oxygens (including phenoxy) is 1. The number of anilines is 2. The van der Waals surface area contributed by atoms with Crippen molar-refractivity contribution in [2.24, 2.45) is 10.1 Å². The number of carbonyl (C=O) groups excluding carboxylic acids is 1. The molecule has 1 aromatic carbocycles. The Bertz CT molecular complexity index is 1390. The number of fused-ring (bicyclic) bond motifs is 1. The van der Waals surface area contributed by atoms with Crippen LogP contribution in [0.25, 0.3) is 6.20 Å². The Morgan fingerprint density at radius 2 is 2.06 bits per heavy atom. The second kappa shape index (κ2) is 10.3. The van der Waals surface area contributed by atoms with Crippen molar-refractivity contribution in [3.8, 4) is 5.88 Å². The van der Waals surface area contributed by atoms with E-state index in [2.05, 4.69) is 25.7 Å². The number of hydrogen-bond donors (Lipinski definition) is 2. The van der Waals surface area contributed by atoms with E-state index in [0.717, 1.165) is 28.3 Å². The van der Waals surface area contributed by atoms with Crippen LogP contribution in [-0.2, 0) is 6.42 Å². The number of pyridine rings is 1. The molecule has 4 heterocycles. The number of benzene rings is 1. The standard InChI is InChI=1S/C26H26N8O2/c1-27-19-5-7-22(8-6-19)34-17-21(15-20(32-34)13-18-9-11-28-24(14-18)36-2)31-26(35)23-16-30-33-12-4-3-10-29-25(23)33/h4-12,14-16,27H,3,13,17H2,1-2H3,(H,31,35). The van der Waals surface area contributed by atoms with Gasteiger partial charge < -0.3 is 15.4 Å². The highest BCUT2D eigenvalue weighted by molar-refractivity contribution is 6.03. The highest BCUT2D eigenvalue weighted by Crippen LogP contribution is 2.24. The SMILES string of the molecule is CNc1ccc(N2CC(NC(=O)c3cnn4c3N=CCC=C4)=CC(Cc3ccnc(OC)c3)=N2)cc1. The zero-order valence-electron chi connectivity index (χ0n) is 20.0. The molecule has 1 amide bonds. The van der Waals surface area contributed by atoms with Gasteiger partial charge in [0.05, 0.1) is 31.3 Å². The molecular formula is C26H26N8O2. The predicted octanol–water partition coefficient (Wildman–Crippen LogP) is 3.64. The van der Waals surface area contributed by atoms with E-state index in [0.29, 0.717) is 36.6 Å². The molecule has 0 saturated carbocycles. The van der Waals surface area contributed by atoms with E-state index < -0.39 is 0 Å². The van der Waals surface area contributed by atoms with Crippen molar-refractivity contribution in [2.75, 3.05) is 31.0 Å². The molecule has 3 aromatic rings. The fraction of sp³-hybridized carbons (Fsp3) is 0.192. The minimum absolute atomic E-state index is 0.271. The summed E-state index contributed by atoms with van der Waals surface area (Å²) in [7, 11) is 3.47. The second-order valence-electron chi connectivity index (χ2n) is 8.21. The lowest BCUT2D eigenvalue weighted by atomic mass is 10.1. The Morgan fingerprint density at radius 1 is 1.19 bits per heavy atom. The van der Waals surface area contributed by atoms with Gasteiger partial charge in [-0.25, -0.2) is 14.7 Å². The molecule has 2 aliphatic rings. The van der Waals surface area contributed by atoms with Crippen molar-refractivity contribution in [3.05, 3.63) is 77.8 Å². The van der Waals surface area contributed by atoms with Crippen LogP contribution in [0.3, 0.4) is 0 Å². The largest absolute Gasteiger partial charge is 0.481 e. The van der Waals surface area contributed by atoms with E-state index >= 15 is 0 Å². The van der Waals surface area contributed by atoms with Crippen LogP contribution in [0.2, 0.25) is 0 Å². The lowest BCUT2D eigenvalue weighted by Crippen LogP contribution is -2.35. The van der Waals surface area contributed by atoms with Gasteiger partial charge in [-0.05, 0) is 42.0 Å². The number of nitrogens with zero attached hydrogens (tertiary/aromatic N) is 6. The molecule has 0 aliphatic carbocycles. The predicted molar refractivity (Wildman–Crippen MR) is 141 cm³/mol. The Morgan fingerprint density at radius 3 is 2.86 bits per heavy atom. The van der Waals surface area contributed by atoms with E-state index in [1.54, 1.807) is 24.2 Å². The van der Waals surface area contributed by atoms with Gasteiger partial charge in [0, 0.05) is 56.0 Å². The number of nitrogens with one attached hydrogen (secondary N) is 2. The van der Waals surface area contributed by atoms with Crippen LogP contribution in [0.5, 0.6) is 5.88 Å². The van der Waals surface area contributed by atoms with Crippen molar-refractivity contribution in [2.45, 2.75) is 12.8 Å². The third-order valence-corrected chi connectivity index (χ3v) is 5.75. The first-order valence-corrected chi connectivity index (χ1v) is 11.5. The molecule has 0 unspecified atom stereocenters. The molecule has 10 nitrogen and oxygen atoms in total. The van der Waals surface area contributed by atoms with Crippen molar-refractivity contribution in [3.63, 3.8) is 0 Å². The molecule has 36 heavy (non-hydrogen) atoms. The Balaban J connectivity index is 1.43. The lowest BCUT2D eigenvalue weighted by Gasteiger charge is -2.26. The number of rotatable bonds is 7. The maximum Gasteiger partial charge on any atom is 0.260 e. The Kier molecular flexibility index (Phi) is 6.57. The second-order valence-corrected chi connectivity index (χ2v) is 8.21. The minimum atomic E-state index is -0.271. The number of allylic oxidation sites excluding steroid dienone is 2. The first-order valence-electron chi connectivity index (χ1n) is 11.5. The molecule has 0 bridgehead atoms. The van der Waals surface area contributed by atoms with Crippen LogP contribution in [0.1, 0.15) is 22.3 Å². The fourth-order valence-electron chi connectivity index (χ4n) is 3.95. The number of aliphatic imine (C=N–C) groups is 1. The summed E-state index contributed by atoms with van der Waals surface area (Å²) in [6.07, 6.45) is 11.9. The number of hydrazone groups is 1. The maximum atomic E-state index is 13.2. The number of methoxy groups -OCH3 is 1. The van der Waals surface area contributed by atoms with E-state index in [9.17, 15) is 4.79 Å². The van der Waals surface area contributed by atoms with E-state index in [1.165, 1.54) is 6.20 Å². The van der Waals surface area contributed by atoms with Crippen LogP contribution >= 0.6 is 0 Å². The van der Waals surface area contributed by atoms with Gasteiger partial charge in [-0.15, -0.1) is 0 Å². The van der Waals surface area contributed by atoms with Gasteiger partial charge in [-0.3, -0.25) is 9.80 Å². The van der Waals surface area contributed by atoms with Crippen LogP contribution in [0.4, 0.5) is 17.2 Å². The molecular weight excluding hydrogens is 456 g/mol. The third-order valence-electron chi connectivity index (χ3n) is 5.75. The van der Waals surface area contributed by atoms with Crippen LogP contribution in [-0.4, -0.2) is 53.3 Å². The summed E-state index contributed by atoms with van der Waals surface area (Å²) < 4.78 is 6.87. The Labute approximate surface area is 208 Å². The van der Waals surface area contributed by atoms with E-state index in [-0.39, 0.29) is 5.91 Å². The summed E-state index contributed by atoms with van der Waals surface area (Å²) in [5.74, 6) is 0.777. The maximum absolute atomic E-state index is 13.2. The Hall–Kier alpha value is -4.73. The summed E-state index contributed by atoms with van der Waals surface area (Å²) in [6.45, 7) is 0.403. The molecule has 0 fully saturated rings. The highest BCUT2D eigenvalue weighted by atomic mass is 16.5. The zero-order chi connectivity index (χ0) is 24.9. The first kappa shape index (κ1) is 23.0. The van der Waals surface area contributed by atoms with Gasteiger partial charge in [0.1, 0.15) is 5.56 Å². The molecule has 10 heteroatoms. The average Bonchev–Trinajstić information content (AvgIpc) is 3.17. The van der Waals surface area contributed by atoms with Crippen molar-refractivity contribution < 1.29 is 9.53 Å². The molecule has 0 saturated heterocycles. The summed E-state index contributed by atoms with van der Waals surface area (Å²) >= 11 is 0. The molecule has 0 radical (unpaired) electrons. The molecule has 2 N–H and O–H groups in total. The smallest absolute Gasteiger partial charge is 0.260 e. The van der Waals surface area contributed by atoms with Crippen LogP contribution < -0.4 is 20.4 Å². The van der Waals surface area contributed by atoms with Gasteiger partial charge in [-0.1, -0.05) is 6.08 Å². The number of aromatic nitrogens is 3. The van der Waals surface area contributed by atoms with Gasteiger partial charge in [0.25, 0.3) is 5.91 Å². The lowest BCUT2D eigenvalue weighted by molar-refractivity contribution is 0.0966. The molecule has 2 aromatic heterocycles. The zero-order valence-corrected chi connectivity index (χ0v) is 20.0. The molecule has 0 spiro atoms. The number of carbonyl (C=O) groups is 1. The third kappa shape index (κ3) is 5.02. The topological polar surface area (TPSA) is 109 Å². The van der Waals surface area contributed by atoms with Gasteiger partial charge in [0.2, 0.25) is 5.88 Å². The summed E-state index contributed by atoms with van der Waals surface area (Å²) in [4.78, 5) is 21.8. The van der Waals surface area contributed by atoms with E-state index in [1.807, 2.05) is 66.8 Å². The van der Waals surface area contributed by atoms with Gasteiger partial charge >= 0.3 is 0 Å². The highest BCUT2D eigenvalue weighted by Gasteiger charge is 2.22. The molecule has 2 aliphatic heterocycles. The van der Waals surface area contributed by atoms with Crippen LogP contribution in [0.15, 0.2) is 76.7 Å². The molecule has 0 atom stereocenters. The average molecular weight is 483 g/mol.